The molecule has 0 bridgehead atoms. The molecule has 118 valence electrons. The summed E-state index contributed by atoms with van der Waals surface area (Å²) in [5, 5.41) is 6.14. The fourth-order valence-electron chi connectivity index (χ4n) is 1.68. The van der Waals surface area contributed by atoms with Gasteiger partial charge in [0.2, 0.25) is 0 Å². The van der Waals surface area contributed by atoms with E-state index in [2.05, 4.69) is 49.4 Å². The van der Waals surface area contributed by atoms with Gasteiger partial charge in [-0.15, -0.1) is 0 Å². The van der Waals surface area contributed by atoms with Crippen molar-refractivity contribution in [3.63, 3.8) is 0 Å². The molecule has 1 aromatic rings. The van der Waals surface area contributed by atoms with Crippen LogP contribution < -0.4 is 15.4 Å². The van der Waals surface area contributed by atoms with E-state index in [1.54, 1.807) is 0 Å². The number of hydrogen-bond donors (Lipinski definition) is 2. The number of nitrogens with one attached hydrogen (secondary N) is 2. The molecule has 1 unspecified atom stereocenters. The van der Waals surface area contributed by atoms with Crippen molar-refractivity contribution in [3.8, 4) is 5.75 Å². The van der Waals surface area contributed by atoms with Gasteiger partial charge in [-0.2, -0.15) is 0 Å². The minimum Gasteiger partial charge on any atom is -0.481 e. The third kappa shape index (κ3) is 6.36. The van der Waals surface area contributed by atoms with Crippen LogP contribution in [0.1, 0.15) is 32.8 Å². The Bertz CT molecular complexity index is 458. The zero-order valence-electron chi connectivity index (χ0n) is 12.6. The van der Waals surface area contributed by atoms with Crippen molar-refractivity contribution in [3.05, 3.63) is 26.6 Å². The summed E-state index contributed by atoms with van der Waals surface area (Å²) in [6, 6.07) is 4.15. The first-order chi connectivity index (χ1) is 9.97. The maximum absolute atomic E-state index is 11.7. The molecule has 0 aliphatic heterocycles. The lowest BCUT2D eigenvalue weighted by atomic mass is 10.2. The molecule has 0 spiro atoms. The third-order valence-corrected chi connectivity index (χ3v) is 4.18. The van der Waals surface area contributed by atoms with Crippen molar-refractivity contribution < 1.29 is 9.53 Å². The molecule has 0 aliphatic rings. The Morgan fingerprint density at radius 1 is 1.29 bits per heavy atom. The van der Waals surface area contributed by atoms with E-state index in [9.17, 15) is 4.79 Å². The molecular weight excluding hydrogens is 400 g/mol. The summed E-state index contributed by atoms with van der Waals surface area (Å²) in [5.41, 5.74) is 1.15. The van der Waals surface area contributed by atoms with E-state index < -0.39 is 0 Å². The molecule has 0 aromatic heterocycles. The highest BCUT2D eigenvalue weighted by molar-refractivity contribution is 9.11. The van der Waals surface area contributed by atoms with Crippen molar-refractivity contribution >= 4 is 37.8 Å². The van der Waals surface area contributed by atoms with Crippen LogP contribution in [0.15, 0.2) is 21.1 Å². The molecule has 6 heteroatoms. The first-order valence-corrected chi connectivity index (χ1v) is 8.67. The summed E-state index contributed by atoms with van der Waals surface area (Å²) in [6.07, 6.45) is 0.901. The van der Waals surface area contributed by atoms with Gasteiger partial charge in [0.25, 0.3) is 5.91 Å². The summed E-state index contributed by atoms with van der Waals surface area (Å²) >= 11 is 6.98. The van der Waals surface area contributed by atoms with E-state index in [1.807, 2.05) is 26.0 Å². The van der Waals surface area contributed by atoms with E-state index in [0.717, 1.165) is 34.0 Å². The Morgan fingerprint density at radius 3 is 2.43 bits per heavy atom. The predicted molar refractivity (Wildman–Crippen MR) is 92.6 cm³/mol. The fraction of sp³-hybridized carbons (Fsp3) is 0.533. The highest BCUT2D eigenvalue weighted by atomic mass is 79.9. The van der Waals surface area contributed by atoms with Gasteiger partial charge in [-0.05, 0) is 69.4 Å². The second-order valence-corrected chi connectivity index (χ2v) is 6.54. The molecule has 1 atom stereocenters. The summed E-state index contributed by atoms with van der Waals surface area (Å²) < 4.78 is 7.28. The van der Waals surface area contributed by atoms with E-state index in [1.165, 1.54) is 0 Å². The number of carbonyl (C=O) groups is 1. The number of carbonyl (C=O) groups excluding carboxylic acids is 1. The molecule has 0 fully saturated rings. The Morgan fingerprint density at radius 2 is 1.90 bits per heavy atom. The number of amides is 1. The Labute approximate surface area is 143 Å². The number of ether oxygens (including phenoxy) is 1. The van der Waals surface area contributed by atoms with Crippen LogP contribution in [0.2, 0.25) is 0 Å². The minimum atomic E-state index is -0.111. The second-order valence-electron chi connectivity index (χ2n) is 4.83. The maximum Gasteiger partial charge on any atom is 0.258 e. The van der Waals surface area contributed by atoms with Gasteiger partial charge in [0, 0.05) is 12.6 Å². The molecule has 0 aliphatic carbocycles. The lowest BCUT2D eigenvalue weighted by Crippen LogP contribution is -2.35. The quantitative estimate of drug-likeness (QED) is 0.673. The lowest BCUT2D eigenvalue weighted by molar-refractivity contribution is -0.123. The minimum absolute atomic E-state index is 0.00803. The van der Waals surface area contributed by atoms with Crippen molar-refractivity contribution in [2.75, 3.05) is 13.2 Å². The molecule has 0 saturated heterocycles. The SMILES string of the molecule is CCNCc1cc(Br)c(OCC(=O)NC(C)CC)c(Br)c1. The summed E-state index contributed by atoms with van der Waals surface area (Å²) in [5.74, 6) is 0.537. The van der Waals surface area contributed by atoms with Crippen LogP contribution in [0.25, 0.3) is 0 Å². The zero-order valence-corrected chi connectivity index (χ0v) is 15.8. The first kappa shape index (κ1) is 18.5. The van der Waals surface area contributed by atoms with Crippen molar-refractivity contribution in [1.82, 2.24) is 10.6 Å². The number of hydrogen-bond acceptors (Lipinski definition) is 3. The van der Waals surface area contributed by atoms with Crippen molar-refractivity contribution in [1.29, 1.82) is 0 Å². The van der Waals surface area contributed by atoms with Crippen molar-refractivity contribution in [2.24, 2.45) is 0 Å². The van der Waals surface area contributed by atoms with Crippen LogP contribution in [0.5, 0.6) is 5.75 Å². The smallest absolute Gasteiger partial charge is 0.258 e. The van der Waals surface area contributed by atoms with E-state index in [4.69, 9.17) is 4.74 Å². The predicted octanol–water partition coefficient (Wildman–Crippen LogP) is 3.61. The Balaban J connectivity index is 2.65. The number of rotatable bonds is 8. The average Bonchev–Trinajstić information content (AvgIpc) is 2.43. The molecule has 2 N–H and O–H groups in total. The van der Waals surface area contributed by atoms with Crippen molar-refractivity contribution in [2.45, 2.75) is 39.8 Å². The van der Waals surface area contributed by atoms with E-state index in [0.29, 0.717) is 5.75 Å². The number of benzene rings is 1. The van der Waals surface area contributed by atoms with Crippen LogP contribution in [-0.4, -0.2) is 25.1 Å². The van der Waals surface area contributed by atoms with Gasteiger partial charge in [0.15, 0.2) is 6.61 Å². The molecule has 1 amide bonds. The third-order valence-electron chi connectivity index (χ3n) is 3.00. The summed E-state index contributed by atoms with van der Waals surface area (Å²) in [7, 11) is 0. The van der Waals surface area contributed by atoms with Gasteiger partial charge in [0.1, 0.15) is 5.75 Å². The van der Waals surface area contributed by atoms with Gasteiger partial charge in [-0.1, -0.05) is 13.8 Å². The molecule has 4 nitrogen and oxygen atoms in total. The molecule has 0 saturated carbocycles. The normalized spacial score (nSPS) is 12.0. The second kappa shape index (κ2) is 9.43. The van der Waals surface area contributed by atoms with Gasteiger partial charge in [-0.25, -0.2) is 0 Å². The standard InChI is InChI=1S/C15H22Br2N2O2/c1-4-10(3)19-14(20)9-21-15-12(16)6-11(7-13(15)17)8-18-5-2/h6-7,10,18H,4-5,8-9H2,1-3H3,(H,19,20). The maximum atomic E-state index is 11.7. The fourth-order valence-corrected chi connectivity index (χ4v) is 3.19. The zero-order chi connectivity index (χ0) is 15.8. The van der Waals surface area contributed by atoms with Gasteiger partial charge < -0.3 is 15.4 Å². The molecule has 1 rings (SSSR count). The summed E-state index contributed by atoms with van der Waals surface area (Å²) in [4.78, 5) is 11.7. The van der Waals surface area contributed by atoms with Gasteiger partial charge >= 0.3 is 0 Å². The van der Waals surface area contributed by atoms with Gasteiger partial charge in [0.05, 0.1) is 8.95 Å². The summed E-state index contributed by atoms with van der Waals surface area (Å²) in [6.45, 7) is 7.79. The lowest BCUT2D eigenvalue weighted by Gasteiger charge is -2.14. The van der Waals surface area contributed by atoms with Crippen LogP contribution in [0.4, 0.5) is 0 Å². The first-order valence-electron chi connectivity index (χ1n) is 7.08. The average molecular weight is 422 g/mol. The number of halogens is 2. The molecular formula is C15H22Br2N2O2. The van der Waals surface area contributed by atoms with Crippen LogP contribution in [-0.2, 0) is 11.3 Å². The topological polar surface area (TPSA) is 50.4 Å². The van der Waals surface area contributed by atoms with Gasteiger partial charge in [-0.3, -0.25) is 4.79 Å². The molecule has 21 heavy (non-hydrogen) atoms. The highest BCUT2D eigenvalue weighted by Crippen LogP contribution is 2.34. The van der Waals surface area contributed by atoms with E-state index in [-0.39, 0.29) is 18.6 Å². The Kier molecular flexibility index (Phi) is 8.29. The molecule has 0 radical (unpaired) electrons. The molecule has 0 heterocycles. The Hall–Kier alpha value is -0.590. The van der Waals surface area contributed by atoms with Crippen LogP contribution in [0, 0.1) is 0 Å². The largest absolute Gasteiger partial charge is 0.481 e. The van der Waals surface area contributed by atoms with Crippen LogP contribution >= 0.6 is 31.9 Å². The molecule has 1 aromatic carbocycles. The highest BCUT2D eigenvalue weighted by Gasteiger charge is 2.12. The van der Waals surface area contributed by atoms with E-state index >= 15 is 0 Å². The van der Waals surface area contributed by atoms with Crippen LogP contribution in [0.3, 0.4) is 0 Å². The monoisotopic (exact) mass is 420 g/mol.